The number of ether oxygens (including phenoxy) is 1. The molecule has 0 spiro atoms. The van der Waals surface area contributed by atoms with E-state index in [1.54, 1.807) is 4.52 Å². The van der Waals surface area contributed by atoms with Gasteiger partial charge in [-0.05, 0) is 68.9 Å². The number of aryl methyl sites for hydroxylation is 1. The first-order valence-corrected chi connectivity index (χ1v) is 12.9. The van der Waals surface area contributed by atoms with Gasteiger partial charge in [-0.1, -0.05) is 0 Å². The van der Waals surface area contributed by atoms with Crippen molar-refractivity contribution in [1.82, 2.24) is 29.7 Å². The molecule has 11 nitrogen and oxygen atoms in total. The molecule has 0 radical (unpaired) electrons. The second-order valence-electron chi connectivity index (χ2n) is 9.30. The van der Waals surface area contributed by atoms with E-state index in [0.29, 0.717) is 35.6 Å². The molecule has 4 heterocycles. The fourth-order valence-corrected chi connectivity index (χ4v) is 4.96. The summed E-state index contributed by atoms with van der Waals surface area (Å²) >= 11 is 1.42. The van der Waals surface area contributed by atoms with Crippen LogP contribution in [0.1, 0.15) is 19.5 Å². The third-order valence-electron chi connectivity index (χ3n) is 5.80. The van der Waals surface area contributed by atoms with Gasteiger partial charge in [0.1, 0.15) is 5.52 Å². The number of β-amino-alcohol motifs (C(OH)–C–C–N with tert-alkyl or cyclic N) is 1. The highest BCUT2D eigenvalue weighted by atomic mass is 32.2. The number of rotatable bonds is 9. The van der Waals surface area contributed by atoms with Crippen LogP contribution < -0.4 is 10.6 Å². The monoisotopic (exact) mass is 522 g/mol. The van der Waals surface area contributed by atoms with Gasteiger partial charge in [-0.2, -0.15) is 5.10 Å². The summed E-state index contributed by atoms with van der Waals surface area (Å²) in [5, 5.41) is 28.7. The maximum absolute atomic E-state index is 12.6. The Morgan fingerprint density at radius 3 is 2.81 bits per heavy atom. The maximum atomic E-state index is 12.6. The molecule has 37 heavy (non-hydrogen) atoms. The molecule has 1 aromatic carbocycles. The number of hydrogen-bond acceptors (Lipinski definition) is 9. The summed E-state index contributed by atoms with van der Waals surface area (Å²) in [6.07, 6.45) is 1.05. The molecule has 1 fully saturated rings. The van der Waals surface area contributed by atoms with Crippen molar-refractivity contribution in [2.75, 3.05) is 30.3 Å². The number of nitrogens with one attached hydrogen (secondary N) is 3. The molecule has 0 aliphatic carbocycles. The molecule has 1 aliphatic heterocycles. The zero-order chi connectivity index (χ0) is 25.9. The number of aliphatic hydroxyl groups excluding tert-OH is 1. The smallest absolute Gasteiger partial charge is 0.238 e. The van der Waals surface area contributed by atoms with Gasteiger partial charge < -0.3 is 20.5 Å². The number of fused-ring (bicyclic) bond motifs is 1. The topological polar surface area (TPSA) is 133 Å². The first-order chi connectivity index (χ1) is 17.8. The molecular weight excluding hydrogens is 492 g/mol. The van der Waals surface area contributed by atoms with Gasteiger partial charge in [-0.3, -0.25) is 14.8 Å². The number of benzene rings is 1. The Hall–Kier alpha value is -3.45. The van der Waals surface area contributed by atoms with Crippen molar-refractivity contribution in [1.29, 1.82) is 0 Å². The van der Waals surface area contributed by atoms with E-state index in [1.807, 2.05) is 74.3 Å². The number of carbonyl (C=O) groups is 1. The molecule has 0 saturated carbocycles. The van der Waals surface area contributed by atoms with Crippen molar-refractivity contribution in [2.45, 2.75) is 49.1 Å². The minimum atomic E-state index is -0.585. The number of H-pyrrole nitrogens is 1. The number of anilines is 3. The first-order valence-electron chi connectivity index (χ1n) is 12.1. The molecule has 1 aliphatic rings. The lowest BCUT2D eigenvalue weighted by Gasteiger charge is -2.18. The van der Waals surface area contributed by atoms with E-state index >= 15 is 0 Å². The minimum Gasteiger partial charge on any atom is -0.389 e. The normalized spacial score (nSPS) is 18.1. The van der Waals surface area contributed by atoms with Gasteiger partial charge in [0, 0.05) is 41.6 Å². The van der Waals surface area contributed by atoms with E-state index in [4.69, 9.17) is 9.72 Å². The van der Waals surface area contributed by atoms with Crippen LogP contribution in [0.3, 0.4) is 0 Å². The Kier molecular flexibility index (Phi) is 7.42. The minimum absolute atomic E-state index is 0.0312. The van der Waals surface area contributed by atoms with Crippen LogP contribution in [0.4, 0.5) is 17.3 Å². The summed E-state index contributed by atoms with van der Waals surface area (Å²) in [6.45, 7) is 6.96. The number of likely N-dealkylation sites (tertiary alicyclic amines) is 1. The van der Waals surface area contributed by atoms with E-state index in [-0.39, 0.29) is 24.7 Å². The van der Waals surface area contributed by atoms with Crippen LogP contribution in [0.2, 0.25) is 0 Å². The number of aromatic amines is 1. The van der Waals surface area contributed by atoms with Crippen LogP contribution in [0.15, 0.2) is 58.7 Å². The van der Waals surface area contributed by atoms with E-state index in [2.05, 4.69) is 25.9 Å². The standard InChI is InChI=1S/C25H30N8O3S/c1-15(2)36-21-13-32(12-20(21)34)14-23(35)26-17-6-8-18(9-7-17)37-25-28-24(19-5-4-10-33(19)31-25)27-22-11-16(3)29-30-22/h4-11,15,20-21,34H,12-14H2,1-3H3,(H,26,35)(H2,27,28,29,30,31)/t20-,21-/m1/s1. The van der Waals surface area contributed by atoms with Crippen LogP contribution in [0.25, 0.3) is 5.52 Å². The van der Waals surface area contributed by atoms with Crippen LogP contribution in [0.5, 0.6) is 0 Å². The summed E-state index contributed by atoms with van der Waals surface area (Å²) in [6, 6.07) is 13.3. The number of hydrogen-bond donors (Lipinski definition) is 4. The number of aromatic nitrogens is 5. The van der Waals surface area contributed by atoms with Crippen molar-refractivity contribution in [3.63, 3.8) is 0 Å². The largest absolute Gasteiger partial charge is 0.389 e. The predicted octanol–water partition coefficient (Wildman–Crippen LogP) is 3.06. The second-order valence-corrected chi connectivity index (χ2v) is 10.3. The molecule has 3 aromatic heterocycles. The molecule has 0 bridgehead atoms. The van der Waals surface area contributed by atoms with E-state index in [9.17, 15) is 9.90 Å². The molecule has 2 atom stereocenters. The predicted molar refractivity (Wildman–Crippen MR) is 141 cm³/mol. The van der Waals surface area contributed by atoms with Gasteiger partial charge in [-0.15, -0.1) is 5.10 Å². The number of amides is 1. The number of carbonyl (C=O) groups excluding carboxylic acids is 1. The van der Waals surface area contributed by atoms with Crippen LogP contribution in [-0.2, 0) is 9.53 Å². The SMILES string of the molecule is Cc1cc(Nc2nc(Sc3ccc(NC(=O)CN4C[C@@H](O)[C@H](OC(C)C)C4)cc3)nn3cccc23)n[nH]1. The Morgan fingerprint density at radius 1 is 1.27 bits per heavy atom. The quantitative estimate of drug-likeness (QED) is 0.262. The van der Waals surface area contributed by atoms with Crippen molar-refractivity contribution < 1.29 is 14.6 Å². The van der Waals surface area contributed by atoms with Crippen molar-refractivity contribution in [2.24, 2.45) is 0 Å². The lowest BCUT2D eigenvalue weighted by Crippen LogP contribution is -2.33. The van der Waals surface area contributed by atoms with Crippen molar-refractivity contribution >= 4 is 40.5 Å². The van der Waals surface area contributed by atoms with Crippen LogP contribution in [-0.4, -0.2) is 78.7 Å². The van der Waals surface area contributed by atoms with E-state index < -0.39 is 6.10 Å². The summed E-state index contributed by atoms with van der Waals surface area (Å²) in [7, 11) is 0. The highest BCUT2D eigenvalue weighted by Crippen LogP contribution is 2.29. The Labute approximate surface area is 218 Å². The summed E-state index contributed by atoms with van der Waals surface area (Å²) in [5.41, 5.74) is 2.49. The maximum Gasteiger partial charge on any atom is 0.238 e. The Bertz CT molecular complexity index is 1370. The fraction of sp³-hybridized carbons (Fsp3) is 0.360. The Morgan fingerprint density at radius 2 is 2.08 bits per heavy atom. The average molecular weight is 523 g/mol. The Balaban J connectivity index is 1.20. The molecule has 12 heteroatoms. The third kappa shape index (κ3) is 6.28. The van der Waals surface area contributed by atoms with Gasteiger partial charge in [-0.25, -0.2) is 9.50 Å². The van der Waals surface area contributed by atoms with Crippen molar-refractivity contribution in [3.8, 4) is 0 Å². The summed E-state index contributed by atoms with van der Waals surface area (Å²) in [5.74, 6) is 1.20. The molecule has 1 saturated heterocycles. The lowest BCUT2D eigenvalue weighted by molar-refractivity contribution is -0.117. The molecule has 1 amide bonds. The third-order valence-corrected chi connectivity index (χ3v) is 6.66. The molecule has 4 aromatic rings. The average Bonchev–Trinajstić information content (AvgIpc) is 3.55. The fourth-order valence-electron chi connectivity index (χ4n) is 4.21. The van der Waals surface area contributed by atoms with Gasteiger partial charge in [0.25, 0.3) is 0 Å². The van der Waals surface area contributed by atoms with Crippen molar-refractivity contribution in [3.05, 3.63) is 54.4 Å². The molecule has 194 valence electrons. The van der Waals surface area contributed by atoms with Gasteiger partial charge in [0.05, 0.1) is 24.9 Å². The zero-order valence-electron chi connectivity index (χ0n) is 20.9. The van der Waals surface area contributed by atoms with Crippen LogP contribution in [0, 0.1) is 6.92 Å². The van der Waals surface area contributed by atoms with Gasteiger partial charge >= 0.3 is 0 Å². The molecule has 0 unspecified atom stereocenters. The summed E-state index contributed by atoms with van der Waals surface area (Å²) in [4.78, 5) is 20.1. The second kappa shape index (κ2) is 10.9. The molecule has 5 rings (SSSR count). The molecule has 4 N–H and O–H groups in total. The summed E-state index contributed by atoms with van der Waals surface area (Å²) < 4.78 is 7.50. The molecular formula is C25H30N8O3S. The zero-order valence-corrected chi connectivity index (χ0v) is 21.7. The highest BCUT2D eigenvalue weighted by molar-refractivity contribution is 7.99. The van der Waals surface area contributed by atoms with Gasteiger partial charge in [0.15, 0.2) is 11.6 Å². The van der Waals surface area contributed by atoms with Gasteiger partial charge in [0.2, 0.25) is 11.1 Å². The lowest BCUT2D eigenvalue weighted by atomic mass is 10.2. The first kappa shape index (κ1) is 25.2. The number of aliphatic hydroxyl groups is 1. The number of nitrogens with zero attached hydrogens (tertiary/aromatic N) is 5. The van der Waals surface area contributed by atoms with E-state index in [0.717, 1.165) is 16.1 Å². The van der Waals surface area contributed by atoms with Crippen LogP contribution >= 0.6 is 11.8 Å². The highest BCUT2D eigenvalue weighted by Gasteiger charge is 2.33. The van der Waals surface area contributed by atoms with E-state index in [1.165, 1.54) is 11.8 Å².